The molecule has 0 spiro atoms. The van der Waals surface area contributed by atoms with Gasteiger partial charge in [-0.05, 0) is 86.1 Å². The van der Waals surface area contributed by atoms with Crippen LogP contribution in [0.2, 0.25) is 0 Å². The molecule has 2 heterocycles. The zero-order valence-electron chi connectivity index (χ0n) is 35.1. The molecule has 330 valence electrons. The van der Waals surface area contributed by atoms with E-state index in [9.17, 15) is 35.9 Å². The highest BCUT2D eigenvalue weighted by Crippen LogP contribution is 2.35. The Kier molecular flexibility index (Phi) is 16.2. The highest BCUT2D eigenvalue weighted by atomic mass is 19.4. The van der Waals surface area contributed by atoms with Gasteiger partial charge in [0, 0.05) is 38.5 Å². The summed E-state index contributed by atoms with van der Waals surface area (Å²) in [7, 11) is 0. The van der Waals surface area contributed by atoms with Crippen LogP contribution in [0.3, 0.4) is 0 Å². The van der Waals surface area contributed by atoms with Gasteiger partial charge in [0.15, 0.2) is 0 Å². The summed E-state index contributed by atoms with van der Waals surface area (Å²) in [5, 5.41) is 13.0. The Hall–Kier alpha value is -4.76. The molecule has 4 aromatic rings. The maximum absolute atomic E-state index is 13.1. The van der Waals surface area contributed by atoms with Gasteiger partial charge in [-0.2, -0.15) is 26.3 Å². The number of amides is 2. The predicted molar refractivity (Wildman–Crippen MR) is 222 cm³/mol. The number of aryl methyl sites for hydroxylation is 2. The third-order valence-electron chi connectivity index (χ3n) is 11.1. The van der Waals surface area contributed by atoms with Crippen molar-refractivity contribution in [3.8, 4) is 0 Å². The van der Waals surface area contributed by atoms with E-state index in [4.69, 9.17) is 9.47 Å². The van der Waals surface area contributed by atoms with Crippen LogP contribution in [0.25, 0.3) is 0 Å². The number of hydrogen-bond donors (Lipinski definition) is 4. The average Bonchev–Trinajstić information content (AvgIpc) is 3.22. The number of alkyl halides is 6. The molecule has 0 aromatic heterocycles. The van der Waals surface area contributed by atoms with Crippen molar-refractivity contribution in [1.82, 2.24) is 21.3 Å². The first-order valence-electron chi connectivity index (χ1n) is 20.6. The largest absolute Gasteiger partial charge is 0.416 e. The zero-order valence-corrected chi connectivity index (χ0v) is 35.1. The van der Waals surface area contributed by atoms with Crippen LogP contribution in [0.4, 0.5) is 26.3 Å². The molecule has 0 unspecified atom stereocenters. The van der Waals surface area contributed by atoms with Crippen molar-refractivity contribution in [1.29, 1.82) is 0 Å². The second kappa shape index (κ2) is 20.9. The van der Waals surface area contributed by atoms with Crippen LogP contribution in [0, 0.1) is 13.8 Å². The first kappa shape index (κ1) is 47.3. The predicted octanol–water partition coefficient (Wildman–Crippen LogP) is 9.02. The summed E-state index contributed by atoms with van der Waals surface area (Å²) < 4.78 is 90.5. The van der Waals surface area contributed by atoms with Crippen LogP contribution < -0.4 is 21.3 Å². The topological polar surface area (TPSA) is 101 Å². The molecule has 2 saturated heterocycles. The lowest BCUT2D eigenvalue weighted by Gasteiger charge is -2.42. The van der Waals surface area contributed by atoms with Crippen molar-refractivity contribution < 1.29 is 45.4 Å². The van der Waals surface area contributed by atoms with Gasteiger partial charge in [-0.15, -0.1) is 0 Å². The van der Waals surface area contributed by atoms with Gasteiger partial charge in [0.05, 0.1) is 48.6 Å². The summed E-state index contributed by atoms with van der Waals surface area (Å²) in [4.78, 5) is 23.1. The standard InChI is InChI=1S/C24H29F3N2O2.C23H27F3N2O2/c1-3-22(30)29-21-9-10-23(28-14-21,19-7-5-4-6-8-19)16-31-15-18-11-17(2)12-20(13-18)24(25,26)27;1-16-10-18(12-20(11-16)23(24,25)26)14-30-15-22(19-6-4-3-5-7-19)9-8-21(13-27-22)28-17(2)29/h4-8,11-13,21,28H,3,9-10,14-16H2,1-2H3,(H,29,30);3-7,10-12,21,27H,8-9,13-15H2,1-2H3,(H,28,29)/t21-,23+;21-,22+/m00/s1. The molecule has 4 atom stereocenters. The molecular weight excluding hydrogens is 799 g/mol. The first-order chi connectivity index (χ1) is 28.9. The molecule has 2 aliphatic rings. The number of nitrogens with one attached hydrogen (secondary N) is 4. The molecule has 2 amide bonds. The number of benzene rings is 4. The highest BCUT2D eigenvalue weighted by Gasteiger charge is 2.39. The van der Waals surface area contributed by atoms with E-state index in [0.29, 0.717) is 55.0 Å². The van der Waals surface area contributed by atoms with Crippen LogP contribution in [-0.4, -0.2) is 50.2 Å². The Morgan fingerprint density at radius 1 is 0.656 bits per heavy atom. The molecule has 61 heavy (non-hydrogen) atoms. The molecule has 6 rings (SSSR count). The second-order valence-electron chi connectivity index (χ2n) is 16.1. The molecule has 0 bridgehead atoms. The van der Waals surface area contributed by atoms with E-state index in [1.807, 2.05) is 67.6 Å². The summed E-state index contributed by atoms with van der Waals surface area (Å²) in [5.74, 6) is -0.0413. The lowest BCUT2D eigenvalue weighted by atomic mass is 9.81. The molecule has 8 nitrogen and oxygen atoms in total. The fraction of sp³-hybridized carbons (Fsp3) is 0.447. The summed E-state index contributed by atoms with van der Waals surface area (Å²) in [5.41, 5.74) is 2.01. The van der Waals surface area contributed by atoms with Gasteiger partial charge in [0.2, 0.25) is 11.8 Å². The van der Waals surface area contributed by atoms with Crippen LogP contribution in [-0.2, 0) is 55.7 Å². The normalized spacial score (nSPS) is 21.8. The smallest absolute Gasteiger partial charge is 0.374 e. The van der Waals surface area contributed by atoms with Crippen molar-refractivity contribution in [3.63, 3.8) is 0 Å². The lowest BCUT2D eigenvalue weighted by molar-refractivity contribution is -0.138. The molecule has 0 saturated carbocycles. The number of ether oxygens (including phenoxy) is 2. The maximum atomic E-state index is 13.1. The van der Waals surface area contributed by atoms with E-state index in [0.717, 1.165) is 61.1 Å². The Labute approximate surface area is 354 Å². The summed E-state index contributed by atoms with van der Waals surface area (Å²) >= 11 is 0. The minimum atomic E-state index is -4.38. The van der Waals surface area contributed by atoms with Gasteiger partial charge in [-0.3, -0.25) is 9.59 Å². The van der Waals surface area contributed by atoms with Gasteiger partial charge in [-0.1, -0.05) is 90.8 Å². The maximum Gasteiger partial charge on any atom is 0.416 e. The second-order valence-corrected chi connectivity index (χ2v) is 16.1. The van der Waals surface area contributed by atoms with Gasteiger partial charge in [-0.25, -0.2) is 0 Å². The molecular formula is C47H56F6N4O4. The van der Waals surface area contributed by atoms with Crippen molar-refractivity contribution in [2.24, 2.45) is 0 Å². The summed E-state index contributed by atoms with van der Waals surface area (Å²) in [6.07, 6.45) is -5.26. The van der Waals surface area contributed by atoms with Crippen molar-refractivity contribution >= 4 is 11.8 Å². The van der Waals surface area contributed by atoms with Gasteiger partial charge in [0.25, 0.3) is 0 Å². The molecule has 2 fully saturated rings. The molecule has 0 radical (unpaired) electrons. The molecule has 14 heteroatoms. The third-order valence-corrected chi connectivity index (χ3v) is 11.1. The van der Waals surface area contributed by atoms with Crippen LogP contribution in [0.15, 0.2) is 97.1 Å². The Morgan fingerprint density at radius 3 is 1.41 bits per heavy atom. The molecule has 4 aromatic carbocycles. The Balaban J connectivity index is 0.000000231. The van der Waals surface area contributed by atoms with E-state index in [-0.39, 0.29) is 37.1 Å². The summed E-state index contributed by atoms with van der Waals surface area (Å²) in [6, 6.07) is 27.9. The van der Waals surface area contributed by atoms with Crippen LogP contribution >= 0.6 is 0 Å². The van der Waals surface area contributed by atoms with E-state index in [1.165, 1.54) is 6.92 Å². The summed E-state index contributed by atoms with van der Waals surface area (Å²) in [6.45, 7) is 8.65. The number of carbonyl (C=O) groups excluding carboxylic acids is 2. The quantitative estimate of drug-likeness (QED) is 0.100. The van der Waals surface area contributed by atoms with Crippen molar-refractivity contribution in [2.75, 3.05) is 26.3 Å². The minimum Gasteiger partial charge on any atom is -0.374 e. The fourth-order valence-corrected chi connectivity index (χ4v) is 8.05. The van der Waals surface area contributed by atoms with Gasteiger partial charge < -0.3 is 30.7 Å². The highest BCUT2D eigenvalue weighted by molar-refractivity contribution is 5.75. The molecule has 0 aliphatic carbocycles. The van der Waals surface area contributed by atoms with Crippen LogP contribution in [0.5, 0.6) is 0 Å². The average molecular weight is 855 g/mol. The number of piperidine rings is 2. The van der Waals surface area contributed by atoms with Crippen molar-refractivity contribution in [3.05, 3.63) is 142 Å². The third kappa shape index (κ3) is 13.6. The monoisotopic (exact) mass is 854 g/mol. The van der Waals surface area contributed by atoms with E-state index < -0.39 is 34.6 Å². The van der Waals surface area contributed by atoms with E-state index in [1.54, 1.807) is 26.0 Å². The number of carbonyl (C=O) groups is 2. The number of halogens is 6. The minimum absolute atomic E-state index is 0.0233. The number of hydrogen-bond acceptors (Lipinski definition) is 6. The fourth-order valence-electron chi connectivity index (χ4n) is 8.05. The Bertz CT molecular complexity index is 2030. The van der Waals surface area contributed by atoms with Gasteiger partial charge >= 0.3 is 12.4 Å². The first-order valence-corrected chi connectivity index (χ1v) is 20.6. The Morgan fingerprint density at radius 2 is 1.07 bits per heavy atom. The SMILES string of the molecule is CC(=O)N[C@H]1CC[C@@](COCc2cc(C)cc(C(F)(F)F)c2)(c2ccccc2)NC1.CCC(=O)N[C@H]1CC[C@@](COCc2cc(C)cc(C(F)(F)F)c2)(c2ccccc2)NC1. The van der Waals surface area contributed by atoms with Crippen LogP contribution in [0.1, 0.15) is 90.5 Å². The molecule has 2 aliphatic heterocycles. The lowest BCUT2D eigenvalue weighted by Crippen LogP contribution is -2.57. The molecule has 4 N–H and O–H groups in total. The van der Waals surface area contributed by atoms with E-state index >= 15 is 0 Å². The van der Waals surface area contributed by atoms with E-state index in [2.05, 4.69) is 21.3 Å². The van der Waals surface area contributed by atoms with Gasteiger partial charge in [0.1, 0.15) is 0 Å². The van der Waals surface area contributed by atoms with Crippen molar-refractivity contribution in [2.45, 2.75) is 109 Å². The number of rotatable bonds is 13. The zero-order chi connectivity index (χ0) is 44.3.